The Morgan fingerprint density at radius 3 is 2.62 bits per heavy atom. The van der Waals surface area contributed by atoms with Crippen LogP contribution in [0.3, 0.4) is 0 Å². The molecule has 3 rings (SSSR count). The van der Waals surface area contributed by atoms with E-state index < -0.39 is 21.6 Å². The van der Waals surface area contributed by atoms with Gasteiger partial charge < -0.3 is 9.80 Å². The summed E-state index contributed by atoms with van der Waals surface area (Å²) >= 11 is 4.61. The Morgan fingerprint density at radius 2 is 2.08 bits per heavy atom. The first-order valence-electron chi connectivity index (χ1n) is 7.54. The van der Waals surface area contributed by atoms with Crippen LogP contribution in [-0.2, 0) is 9.59 Å². The van der Waals surface area contributed by atoms with E-state index in [0.717, 1.165) is 5.56 Å². The standard InChI is InChI=1S/C16H19N4O2PS/c1-14(9-17)8-16(24)13(22)19(3)15(2,23)12(21)20(16)11(14)10-5-4-6-18-7-10/h4-7,11,24H,8,23H2,1-3H3/t11-,14+,15-,16-/m1/s1. The Labute approximate surface area is 148 Å². The Balaban J connectivity index is 2.24. The molecule has 0 spiro atoms. The van der Waals surface area contributed by atoms with Crippen LogP contribution in [0.25, 0.3) is 0 Å². The fraction of sp³-hybridized carbons (Fsp3) is 0.500. The van der Waals surface area contributed by atoms with E-state index in [0.29, 0.717) is 0 Å². The molecular weight excluding hydrogens is 343 g/mol. The minimum Gasteiger partial charge on any atom is -0.325 e. The lowest BCUT2D eigenvalue weighted by molar-refractivity contribution is -0.163. The molecule has 1 unspecified atom stereocenters. The van der Waals surface area contributed by atoms with Gasteiger partial charge in [-0.2, -0.15) is 5.26 Å². The maximum atomic E-state index is 13.2. The third-order valence-electron chi connectivity index (χ3n) is 5.13. The van der Waals surface area contributed by atoms with Gasteiger partial charge in [0.25, 0.3) is 11.8 Å². The second-order valence-electron chi connectivity index (χ2n) is 6.90. The van der Waals surface area contributed by atoms with Crippen LogP contribution in [0.5, 0.6) is 0 Å². The summed E-state index contributed by atoms with van der Waals surface area (Å²) < 4.78 is 0. The molecule has 2 aliphatic heterocycles. The summed E-state index contributed by atoms with van der Waals surface area (Å²) in [5, 5.41) is 8.74. The molecule has 0 aliphatic carbocycles. The van der Waals surface area contributed by atoms with Gasteiger partial charge in [0.05, 0.1) is 17.5 Å². The second-order valence-corrected chi connectivity index (χ2v) is 8.76. The van der Waals surface area contributed by atoms with Gasteiger partial charge in [-0.05, 0) is 25.5 Å². The molecule has 3 heterocycles. The van der Waals surface area contributed by atoms with E-state index in [1.165, 1.54) is 9.80 Å². The van der Waals surface area contributed by atoms with Crippen molar-refractivity contribution in [1.82, 2.24) is 14.8 Å². The van der Waals surface area contributed by atoms with Crippen molar-refractivity contribution >= 4 is 33.7 Å². The van der Waals surface area contributed by atoms with Gasteiger partial charge in [0, 0.05) is 25.9 Å². The third-order valence-corrected chi connectivity index (χ3v) is 6.32. The minimum atomic E-state index is -1.34. The lowest BCUT2D eigenvalue weighted by Gasteiger charge is -2.51. The van der Waals surface area contributed by atoms with E-state index >= 15 is 0 Å². The summed E-state index contributed by atoms with van der Waals surface area (Å²) in [6, 6.07) is 5.30. The monoisotopic (exact) mass is 362 g/mol. The smallest absolute Gasteiger partial charge is 0.259 e. The Hall–Kier alpha value is -1.64. The maximum Gasteiger partial charge on any atom is 0.259 e. The van der Waals surface area contributed by atoms with Gasteiger partial charge in [0.1, 0.15) is 5.28 Å². The van der Waals surface area contributed by atoms with Crippen LogP contribution in [0.2, 0.25) is 0 Å². The van der Waals surface area contributed by atoms with Crippen molar-refractivity contribution < 1.29 is 9.59 Å². The topological polar surface area (TPSA) is 77.3 Å². The number of thiol groups is 1. The zero-order valence-corrected chi connectivity index (χ0v) is 15.8. The summed E-state index contributed by atoms with van der Waals surface area (Å²) in [7, 11) is 4.03. The van der Waals surface area contributed by atoms with Crippen molar-refractivity contribution in [3.63, 3.8) is 0 Å². The number of rotatable bonds is 1. The first-order chi connectivity index (χ1) is 11.1. The second kappa shape index (κ2) is 5.18. The van der Waals surface area contributed by atoms with Crippen molar-refractivity contribution in [2.24, 2.45) is 5.41 Å². The molecule has 0 N–H and O–H groups in total. The van der Waals surface area contributed by atoms with Crippen molar-refractivity contribution in [1.29, 1.82) is 5.26 Å². The number of nitrogens with zero attached hydrogens (tertiary/aromatic N) is 4. The summed E-state index contributed by atoms with van der Waals surface area (Å²) in [6.07, 6.45) is 3.43. The van der Waals surface area contributed by atoms with Crippen LogP contribution >= 0.6 is 21.9 Å². The van der Waals surface area contributed by atoms with Gasteiger partial charge in [0.15, 0.2) is 4.87 Å². The summed E-state index contributed by atoms with van der Waals surface area (Å²) in [6.45, 7) is 3.44. The molecule has 8 heteroatoms. The average Bonchev–Trinajstić information content (AvgIpc) is 2.81. The lowest BCUT2D eigenvalue weighted by atomic mass is 9.80. The highest BCUT2D eigenvalue weighted by Crippen LogP contribution is 2.59. The lowest BCUT2D eigenvalue weighted by Crippen LogP contribution is -2.69. The van der Waals surface area contributed by atoms with E-state index in [2.05, 4.69) is 32.9 Å². The third kappa shape index (κ3) is 2.03. The largest absolute Gasteiger partial charge is 0.325 e. The predicted octanol–water partition coefficient (Wildman–Crippen LogP) is 1.57. The fourth-order valence-electron chi connectivity index (χ4n) is 3.68. The number of hydrogen-bond acceptors (Lipinski definition) is 5. The molecule has 1 aromatic heterocycles. The maximum absolute atomic E-state index is 13.2. The van der Waals surface area contributed by atoms with Crippen LogP contribution in [0.1, 0.15) is 31.9 Å². The van der Waals surface area contributed by atoms with Crippen LogP contribution in [0.4, 0.5) is 0 Å². The summed E-state index contributed by atoms with van der Waals surface area (Å²) in [5.41, 5.74) is -0.217. The molecule has 0 saturated carbocycles. The molecule has 2 aliphatic rings. The highest BCUT2D eigenvalue weighted by atomic mass is 32.1. The van der Waals surface area contributed by atoms with Gasteiger partial charge in [-0.15, -0.1) is 12.6 Å². The van der Waals surface area contributed by atoms with Crippen molar-refractivity contribution in [3.8, 4) is 6.07 Å². The van der Waals surface area contributed by atoms with Crippen molar-refractivity contribution in [2.75, 3.05) is 7.05 Å². The van der Waals surface area contributed by atoms with Crippen LogP contribution in [0, 0.1) is 16.7 Å². The molecule has 2 fully saturated rings. The van der Waals surface area contributed by atoms with Crippen LogP contribution in [0.15, 0.2) is 24.5 Å². The number of carbonyl (C=O) groups is 2. The average molecular weight is 362 g/mol. The quantitative estimate of drug-likeness (QED) is 0.608. The van der Waals surface area contributed by atoms with E-state index in [4.69, 9.17) is 0 Å². The number of hydrogen-bond donors (Lipinski definition) is 1. The molecule has 0 radical (unpaired) electrons. The summed E-state index contributed by atoms with van der Waals surface area (Å²) in [5.74, 6) is -0.534. The van der Waals surface area contributed by atoms with Crippen LogP contribution < -0.4 is 0 Å². The van der Waals surface area contributed by atoms with Gasteiger partial charge in [0.2, 0.25) is 0 Å². The normalized spacial score (nSPS) is 38.9. The van der Waals surface area contributed by atoms with E-state index in [-0.39, 0.29) is 18.2 Å². The molecule has 5 atom stereocenters. The van der Waals surface area contributed by atoms with Gasteiger partial charge in [-0.3, -0.25) is 14.6 Å². The Morgan fingerprint density at radius 1 is 1.42 bits per heavy atom. The highest BCUT2D eigenvalue weighted by Gasteiger charge is 2.68. The molecule has 0 bridgehead atoms. The number of nitriles is 1. The van der Waals surface area contributed by atoms with Gasteiger partial charge in [-0.1, -0.05) is 15.3 Å². The molecule has 2 amide bonds. The molecule has 24 heavy (non-hydrogen) atoms. The first kappa shape index (κ1) is 17.2. The van der Waals surface area contributed by atoms with Crippen LogP contribution in [-0.4, -0.2) is 43.8 Å². The number of aromatic nitrogens is 1. The zero-order valence-electron chi connectivity index (χ0n) is 13.7. The molecule has 2 saturated heterocycles. The van der Waals surface area contributed by atoms with E-state index in [1.54, 1.807) is 39.4 Å². The number of likely N-dealkylation sites (N-methyl/N-ethyl adjacent to an activating group) is 1. The number of piperazine rings is 1. The Kier molecular flexibility index (Phi) is 3.71. The molecule has 126 valence electrons. The zero-order chi connectivity index (χ0) is 17.9. The van der Waals surface area contributed by atoms with E-state index in [1.807, 2.05) is 6.07 Å². The minimum absolute atomic E-state index is 0.162. The predicted molar refractivity (Wildman–Crippen MR) is 94.8 cm³/mol. The number of amides is 2. The molecule has 1 aromatic rings. The first-order valence-corrected chi connectivity index (χ1v) is 8.56. The fourth-order valence-corrected chi connectivity index (χ4v) is 4.62. The molecule has 0 aromatic carbocycles. The van der Waals surface area contributed by atoms with Gasteiger partial charge in [-0.25, -0.2) is 0 Å². The highest BCUT2D eigenvalue weighted by molar-refractivity contribution is 7.82. The molecule has 6 nitrogen and oxygen atoms in total. The summed E-state index contributed by atoms with van der Waals surface area (Å²) in [4.78, 5) is 31.8. The number of carbonyl (C=O) groups excluding carboxylic acids is 2. The Bertz CT molecular complexity index is 765. The van der Waals surface area contributed by atoms with Crippen molar-refractivity contribution in [2.45, 2.75) is 36.5 Å². The molecular formula is C16H19N4O2PS. The number of pyridine rings is 1. The van der Waals surface area contributed by atoms with Gasteiger partial charge >= 0.3 is 0 Å². The van der Waals surface area contributed by atoms with Crippen molar-refractivity contribution in [3.05, 3.63) is 30.1 Å². The number of fused-ring (bicyclic) bond motifs is 1. The van der Waals surface area contributed by atoms with E-state index in [9.17, 15) is 14.9 Å². The SMILES string of the molecule is CN1C(=O)[C@]2(S)C[C@@](C)(C#N)[C@@H](c3cccnc3)N2C(=O)[C@@]1(C)P.